The van der Waals surface area contributed by atoms with Crippen molar-refractivity contribution in [3.8, 4) is 0 Å². The zero-order chi connectivity index (χ0) is 11.7. The molecule has 0 radical (unpaired) electrons. The van der Waals surface area contributed by atoms with Crippen LogP contribution >= 0.6 is 0 Å². The number of rotatable bonds is 5. The van der Waals surface area contributed by atoms with Gasteiger partial charge in [0, 0.05) is 6.42 Å². The maximum Gasteiger partial charge on any atom is 0.208 e. The predicted molar refractivity (Wildman–Crippen MR) is 66.4 cm³/mol. The quantitative estimate of drug-likeness (QED) is 0.793. The third-order valence-electron chi connectivity index (χ3n) is 4.05. The van der Waals surface area contributed by atoms with Gasteiger partial charge in [0.25, 0.3) is 0 Å². The highest BCUT2D eigenvalue weighted by Crippen LogP contribution is 2.42. The monoisotopic (exact) mass is 232 g/mol. The van der Waals surface area contributed by atoms with E-state index in [-0.39, 0.29) is 0 Å². The molecule has 1 saturated carbocycles. The Labute approximate surface area is 102 Å². The topological polar surface area (TPSA) is 38.1 Å². The first kappa shape index (κ1) is 11.0. The van der Waals surface area contributed by atoms with Gasteiger partial charge >= 0.3 is 0 Å². The van der Waals surface area contributed by atoms with Gasteiger partial charge in [-0.3, -0.25) is 0 Å². The van der Waals surface area contributed by atoms with Crippen LogP contribution in [-0.2, 0) is 13.0 Å². The van der Waals surface area contributed by atoms with Crippen molar-refractivity contribution in [2.24, 2.45) is 17.8 Å². The molecule has 0 saturated heterocycles. The average molecular weight is 232 g/mol. The minimum atomic E-state index is 0.762. The number of nitrogens with one attached hydrogen (secondary N) is 1. The summed E-state index contributed by atoms with van der Waals surface area (Å²) in [5.41, 5.74) is 0. The summed E-state index contributed by atoms with van der Waals surface area (Å²) in [5, 5.41) is 3.48. The molecule has 3 nitrogen and oxygen atoms in total. The summed E-state index contributed by atoms with van der Waals surface area (Å²) in [6.45, 7) is 3.94. The largest absolute Gasteiger partial charge is 0.444 e. The summed E-state index contributed by atoms with van der Waals surface area (Å²) in [6, 6.07) is 0. The van der Waals surface area contributed by atoms with Crippen LogP contribution in [0.15, 0.2) is 22.8 Å². The molecule has 0 spiro atoms. The van der Waals surface area contributed by atoms with Gasteiger partial charge in [0.05, 0.1) is 12.7 Å². The second kappa shape index (κ2) is 4.65. The molecule has 3 atom stereocenters. The molecule has 2 aliphatic carbocycles. The fourth-order valence-corrected chi connectivity index (χ4v) is 3.09. The molecule has 3 unspecified atom stereocenters. The smallest absolute Gasteiger partial charge is 0.208 e. The first-order chi connectivity index (χ1) is 8.35. The maximum absolute atomic E-state index is 5.57. The van der Waals surface area contributed by atoms with Crippen LogP contribution in [0.3, 0.4) is 0 Å². The molecule has 1 aromatic rings. The highest BCUT2D eigenvalue weighted by atomic mass is 16.4. The number of fused-ring (bicyclic) bond motifs is 2. The molecule has 3 rings (SSSR count). The Morgan fingerprint density at radius 2 is 2.35 bits per heavy atom. The predicted octanol–water partition coefficient (Wildman–Crippen LogP) is 2.54. The summed E-state index contributed by atoms with van der Waals surface area (Å²) < 4.78 is 5.57. The van der Waals surface area contributed by atoms with Crippen molar-refractivity contribution in [1.82, 2.24) is 10.3 Å². The van der Waals surface area contributed by atoms with E-state index in [0.717, 1.165) is 48.9 Å². The lowest BCUT2D eigenvalue weighted by molar-refractivity contribution is 0.386. The van der Waals surface area contributed by atoms with Crippen molar-refractivity contribution in [2.45, 2.75) is 32.7 Å². The van der Waals surface area contributed by atoms with Crippen LogP contribution < -0.4 is 5.32 Å². The Morgan fingerprint density at radius 1 is 1.41 bits per heavy atom. The molecule has 2 bridgehead atoms. The third-order valence-corrected chi connectivity index (χ3v) is 4.05. The molecular weight excluding hydrogens is 212 g/mol. The van der Waals surface area contributed by atoms with Gasteiger partial charge in [0.15, 0.2) is 0 Å². The van der Waals surface area contributed by atoms with Gasteiger partial charge in [-0.1, -0.05) is 19.1 Å². The van der Waals surface area contributed by atoms with Crippen LogP contribution in [-0.4, -0.2) is 11.5 Å². The van der Waals surface area contributed by atoms with E-state index in [0.29, 0.717) is 0 Å². The van der Waals surface area contributed by atoms with Gasteiger partial charge in [0.1, 0.15) is 5.76 Å². The van der Waals surface area contributed by atoms with E-state index in [1.54, 1.807) is 0 Å². The van der Waals surface area contributed by atoms with E-state index in [1.807, 2.05) is 6.20 Å². The number of hydrogen-bond donors (Lipinski definition) is 1. The number of nitrogens with zero attached hydrogens (tertiary/aromatic N) is 1. The van der Waals surface area contributed by atoms with Crippen molar-refractivity contribution in [2.75, 3.05) is 6.54 Å². The van der Waals surface area contributed by atoms with E-state index < -0.39 is 0 Å². The molecule has 1 N–H and O–H groups in total. The molecule has 92 valence electrons. The molecule has 0 aliphatic heterocycles. The molecule has 1 fully saturated rings. The zero-order valence-electron chi connectivity index (χ0n) is 10.4. The van der Waals surface area contributed by atoms with Crippen molar-refractivity contribution < 1.29 is 4.42 Å². The van der Waals surface area contributed by atoms with Crippen LogP contribution in [0, 0.1) is 17.8 Å². The van der Waals surface area contributed by atoms with Crippen LogP contribution in [0.2, 0.25) is 0 Å². The summed E-state index contributed by atoms with van der Waals surface area (Å²) >= 11 is 0. The summed E-state index contributed by atoms with van der Waals surface area (Å²) in [6.07, 6.45) is 10.3. The lowest BCUT2D eigenvalue weighted by Crippen LogP contribution is -2.25. The van der Waals surface area contributed by atoms with Crippen LogP contribution in [0.25, 0.3) is 0 Å². The second-order valence-electron chi connectivity index (χ2n) is 5.25. The van der Waals surface area contributed by atoms with Crippen molar-refractivity contribution in [3.63, 3.8) is 0 Å². The number of hydrogen-bond acceptors (Lipinski definition) is 3. The Kier molecular flexibility index (Phi) is 3.02. The SMILES string of the molecule is CCc1cnc(CNCC2CC3C=CC2C3)o1. The lowest BCUT2D eigenvalue weighted by atomic mass is 9.94. The van der Waals surface area contributed by atoms with Crippen LogP contribution in [0.4, 0.5) is 0 Å². The Bertz CT molecular complexity index is 410. The number of oxazole rings is 1. The van der Waals surface area contributed by atoms with E-state index >= 15 is 0 Å². The summed E-state index contributed by atoms with van der Waals surface area (Å²) in [7, 11) is 0. The van der Waals surface area contributed by atoms with Gasteiger partial charge in [-0.05, 0) is 37.1 Å². The first-order valence-corrected chi connectivity index (χ1v) is 6.67. The fraction of sp³-hybridized carbons (Fsp3) is 0.643. The Hall–Kier alpha value is -1.09. The standard InChI is InChI=1S/C14H20N2O/c1-2-13-8-16-14(17-13)9-15-7-12-6-10-3-4-11(12)5-10/h3-4,8,10-12,15H,2,5-7,9H2,1H3. The van der Waals surface area contributed by atoms with E-state index in [1.165, 1.54) is 12.8 Å². The highest BCUT2D eigenvalue weighted by molar-refractivity contribution is 5.10. The summed E-state index contributed by atoms with van der Waals surface area (Å²) in [4.78, 5) is 4.26. The normalized spacial score (nSPS) is 30.3. The van der Waals surface area contributed by atoms with E-state index in [4.69, 9.17) is 4.42 Å². The number of aryl methyl sites for hydroxylation is 1. The molecule has 0 aromatic carbocycles. The summed E-state index contributed by atoms with van der Waals surface area (Å²) in [5.74, 6) is 4.30. The Morgan fingerprint density at radius 3 is 3.00 bits per heavy atom. The molecule has 2 aliphatic rings. The van der Waals surface area contributed by atoms with Gasteiger partial charge < -0.3 is 9.73 Å². The molecule has 3 heteroatoms. The molecule has 1 heterocycles. The van der Waals surface area contributed by atoms with Crippen LogP contribution in [0.5, 0.6) is 0 Å². The zero-order valence-corrected chi connectivity index (χ0v) is 10.4. The highest BCUT2D eigenvalue weighted by Gasteiger charge is 2.34. The second-order valence-corrected chi connectivity index (χ2v) is 5.25. The molecule has 1 aromatic heterocycles. The van der Waals surface area contributed by atoms with Crippen molar-refractivity contribution in [3.05, 3.63) is 30.0 Å². The van der Waals surface area contributed by atoms with E-state index in [2.05, 4.69) is 29.4 Å². The third kappa shape index (κ3) is 2.29. The minimum Gasteiger partial charge on any atom is -0.444 e. The minimum absolute atomic E-state index is 0.762. The number of allylic oxidation sites excluding steroid dienone is 2. The number of aromatic nitrogens is 1. The first-order valence-electron chi connectivity index (χ1n) is 6.67. The van der Waals surface area contributed by atoms with Crippen molar-refractivity contribution in [1.29, 1.82) is 0 Å². The fourth-order valence-electron chi connectivity index (χ4n) is 3.09. The van der Waals surface area contributed by atoms with Gasteiger partial charge in [0.2, 0.25) is 5.89 Å². The molecule has 17 heavy (non-hydrogen) atoms. The van der Waals surface area contributed by atoms with E-state index in [9.17, 15) is 0 Å². The molecular formula is C14H20N2O. The van der Waals surface area contributed by atoms with Gasteiger partial charge in [-0.25, -0.2) is 4.98 Å². The van der Waals surface area contributed by atoms with Gasteiger partial charge in [-0.15, -0.1) is 0 Å². The lowest BCUT2D eigenvalue weighted by Gasteiger charge is -2.17. The van der Waals surface area contributed by atoms with Crippen LogP contribution in [0.1, 0.15) is 31.4 Å². The van der Waals surface area contributed by atoms with Crippen molar-refractivity contribution >= 4 is 0 Å². The average Bonchev–Trinajstić information content (AvgIpc) is 3.04. The maximum atomic E-state index is 5.57. The Balaban J connectivity index is 1.45. The molecule has 0 amide bonds. The van der Waals surface area contributed by atoms with Gasteiger partial charge in [-0.2, -0.15) is 0 Å².